The molecular weight excluding hydrogens is 359 g/mol. The van der Waals surface area contributed by atoms with E-state index in [0.29, 0.717) is 29.6 Å². The van der Waals surface area contributed by atoms with E-state index in [1.807, 2.05) is 11.9 Å². The van der Waals surface area contributed by atoms with Crippen molar-refractivity contribution in [3.63, 3.8) is 0 Å². The minimum Gasteiger partial charge on any atom is -0.487 e. The predicted molar refractivity (Wildman–Crippen MR) is 96.5 cm³/mol. The van der Waals surface area contributed by atoms with Crippen molar-refractivity contribution in [2.75, 3.05) is 19.4 Å². The maximum absolute atomic E-state index is 12.7. The van der Waals surface area contributed by atoms with Gasteiger partial charge in [0.1, 0.15) is 24.0 Å². The van der Waals surface area contributed by atoms with Crippen LogP contribution in [0.25, 0.3) is 0 Å². The quantitative estimate of drug-likeness (QED) is 0.799. The molecular formula is C18H22F3N5O. The molecule has 0 atom stereocenters. The van der Waals surface area contributed by atoms with E-state index in [1.165, 1.54) is 12.1 Å². The molecule has 4 N–H and O–H groups in total. The van der Waals surface area contributed by atoms with Crippen LogP contribution in [0.5, 0.6) is 5.75 Å². The summed E-state index contributed by atoms with van der Waals surface area (Å²) in [6.07, 6.45) is -2.77. The highest BCUT2D eigenvalue weighted by molar-refractivity contribution is 5.37. The zero-order valence-corrected chi connectivity index (χ0v) is 15.3. The lowest BCUT2D eigenvalue weighted by Crippen LogP contribution is -2.23. The monoisotopic (exact) mass is 381 g/mol. The summed E-state index contributed by atoms with van der Waals surface area (Å²) in [5.74, 6) is 1.07. The molecule has 0 bridgehead atoms. The molecule has 2 aromatic rings. The topological polar surface area (TPSA) is 90.3 Å². The molecule has 0 unspecified atom stereocenters. The van der Waals surface area contributed by atoms with Gasteiger partial charge in [0.05, 0.1) is 11.3 Å². The predicted octanol–water partition coefficient (Wildman–Crippen LogP) is 3.09. The van der Waals surface area contributed by atoms with Gasteiger partial charge in [-0.15, -0.1) is 0 Å². The Kier molecular flexibility index (Phi) is 6.14. The van der Waals surface area contributed by atoms with Crippen LogP contribution in [0.3, 0.4) is 0 Å². The van der Waals surface area contributed by atoms with E-state index >= 15 is 0 Å². The van der Waals surface area contributed by atoms with E-state index in [-0.39, 0.29) is 12.4 Å². The fourth-order valence-corrected chi connectivity index (χ4v) is 2.28. The second-order valence-corrected chi connectivity index (χ2v) is 6.11. The highest BCUT2D eigenvalue weighted by Crippen LogP contribution is 2.31. The van der Waals surface area contributed by atoms with Crippen molar-refractivity contribution in [2.45, 2.75) is 26.6 Å². The number of allylic oxidation sites excluding steroid dienone is 1. The number of aromatic nitrogens is 2. The van der Waals surface area contributed by atoms with E-state index in [9.17, 15) is 13.2 Å². The number of nitrogen functional groups attached to an aromatic ring is 1. The smallest absolute Gasteiger partial charge is 0.416 e. The van der Waals surface area contributed by atoms with Gasteiger partial charge in [-0.3, -0.25) is 0 Å². The molecule has 0 saturated carbocycles. The summed E-state index contributed by atoms with van der Waals surface area (Å²) in [6, 6.07) is 4.67. The lowest BCUT2D eigenvalue weighted by Gasteiger charge is -2.22. The van der Waals surface area contributed by atoms with Crippen molar-refractivity contribution in [3.05, 3.63) is 58.8 Å². The summed E-state index contributed by atoms with van der Waals surface area (Å²) in [6.45, 7) is 3.92. The van der Waals surface area contributed by atoms with Gasteiger partial charge in [-0.05, 0) is 32.0 Å². The largest absolute Gasteiger partial charge is 0.487 e. The Bertz CT molecular complexity index is 836. The van der Waals surface area contributed by atoms with Crippen LogP contribution in [0.1, 0.15) is 23.9 Å². The summed E-state index contributed by atoms with van der Waals surface area (Å²) in [5.41, 5.74) is 13.0. The van der Waals surface area contributed by atoms with Crippen LogP contribution >= 0.6 is 0 Å². The molecule has 2 rings (SSSR count). The number of rotatable bonds is 6. The zero-order chi connectivity index (χ0) is 20.2. The Morgan fingerprint density at radius 2 is 2.00 bits per heavy atom. The van der Waals surface area contributed by atoms with Crippen molar-refractivity contribution in [1.82, 2.24) is 14.9 Å². The fourth-order valence-electron chi connectivity index (χ4n) is 2.28. The first kappa shape index (κ1) is 20.3. The molecule has 0 aliphatic rings. The Balaban J connectivity index is 2.04. The first-order valence-electron chi connectivity index (χ1n) is 8.12. The van der Waals surface area contributed by atoms with Gasteiger partial charge in [-0.1, -0.05) is 6.07 Å². The number of aryl methyl sites for hydroxylation is 1. The molecule has 0 amide bonds. The number of nitrogens with zero attached hydrogens (tertiary/aromatic N) is 3. The number of alkyl halides is 3. The lowest BCUT2D eigenvalue weighted by molar-refractivity contribution is -0.137. The molecule has 0 aliphatic carbocycles. The average molecular weight is 381 g/mol. The van der Waals surface area contributed by atoms with Gasteiger partial charge in [0.15, 0.2) is 0 Å². The Morgan fingerprint density at radius 3 is 2.63 bits per heavy atom. The van der Waals surface area contributed by atoms with Crippen LogP contribution < -0.4 is 16.2 Å². The number of hydrogen-bond donors (Lipinski definition) is 2. The molecule has 1 aromatic carbocycles. The summed E-state index contributed by atoms with van der Waals surface area (Å²) >= 11 is 0. The highest BCUT2D eigenvalue weighted by Gasteiger charge is 2.30. The van der Waals surface area contributed by atoms with Crippen molar-refractivity contribution in [3.8, 4) is 5.75 Å². The van der Waals surface area contributed by atoms with E-state index in [0.717, 1.165) is 17.7 Å². The molecule has 0 aliphatic heterocycles. The van der Waals surface area contributed by atoms with Crippen LogP contribution in [0.4, 0.5) is 19.0 Å². The molecule has 0 saturated heterocycles. The molecule has 0 fully saturated rings. The van der Waals surface area contributed by atoms with Gasteiger partial charge >= 0.3 is 6.18 Å². The fraction of sp³-hybridized carbons (Fsp3) is 0.333. The zero-order valence-electron chi connectivity index (χ0n) is 15.3. The van der Waals surface area contributed by atoms with Gasteiger partial charge < -0.3 is 21.1 Å². The molecule has 1 aromatic heterocycles. The van der Waals surface area contributed by atoms with Gasteiger partial charge in [-0.25, -0.2) is 9.97 Å². The van der Waals surface area contributed by atoms with Gasteiger partial charge in [0.25, 0.3) is 0 Å². The maximum Gasteiger partial charge on any atom is 0.416 e. The van der Waals surface area contributed by atoms with Crippen molar-refractivity contribution >= 4 is 5.82 Å². The normalized spacial score (nSPS) is 12.5. The molecule has 146 valence electrons. The number of nitrogens with two attached hydrogens (primary N) is 2. The second-order valence-electron chi connectivity index (χ2n) is 6.11. The van der Waals surface area contributed by atoms with E-state index in [2.05, 4.69) is 9.97 Å². The molecule has 9 heteroatoms. The van der Waals surface area contributed by atoms with Gasteiger partial charge in [0.2, 0.25) is 0 Å². The van der Waals surface area contributed by atoms with Crippen LogP contribution in [0.2, 0.25) is 0 Å². The number of halogens is 3. The van der Waals surface area contributed by atoms with E-state index < -0.39 is 11.7 Å². The Labute approximate surface area is 155 Å². The summed E-state index contributed by atoms with van der Waals surface area (Å²) < 4.78 is 43.7. The third kappa shape index (κ3) is 5.50. The third-order valence-electron chi connectivity index (χ3n) is 4.02. The lowest BCUT2D eigenvalue weighted by atomic mass is 10.2. The minimum atomic E-state index is -4.42. The molecule has 0 radical (unpaired) electrons. The Morgan fingerprint density at radius 1 is 1.30 bits per heavy atom. The van der Waals surface area contributed by atoms with E-state index in [1.54, 1.807) is 20.0 Å². The molecule has 1 heterocycles. The average Bonchev–Trinajstić information content (AvgIpc) is 2.60. The maximum atomic E-state index is 12.7. The summed E-state index contributed by atoms with van der Waals surface area (Å²) in [4.78, 5) is 10.1. The van der Waals surface area contributed by atoms with Gasteiger partial charge in [0, 0.05) is 31.0 Å². The van der Waals surface area contributed by atoms with Crippen LogP contribution in [0, 0.1) is 6.92 Å². The standard InChI is InChI=1S/C18H22F3N5O/c1-11(26(3)9-13-8-24-12(2)25-17(13)23)16(22)10-27-15-6-4-5-14(7-15)18(19,20)21/h4-8H,9-10,22H2,1-3H3,(H2,23,24,25)/b16-11-. The van der Waals surface area contributed by atoms with Crippen molar-refractivity contribution in [1.29, 1.82) is 0 Å². The van der Waals surface area contributed by atoms with Gasteiger partial charge in [-0.2, -0.15) is 13.2 Å². The van der Waals surface area contributed by atoms with Crippen LogP contribution in [-0.2, 0) is 12.7 Å². The molecule has 6 nitrogen and oxygen atoms in total. The van der Waals surface area contributed by atoms with Crippen LogP contribution in [-0.4, -0.2) is 28.5 Å². The highest BCUT2D eigenvalue weighted by atomic mass is 19.4. The SMILES string of the molecule is C/C(=C(/N)COc1cccc(C(F)(F)F)c1)N(C)Cc1cnc(C)nc1N. The Hall–Kier alpha value is -2.97. The number of hydrogen-bond acceptors (Lipinski definition) is 6. The van der Waals surface area contributed by atoms with Crippen LogP contribution in [0.15, 0.2) is 41.9 Å². The number of ether oxygens (including phenoxy) is 1. The first-order chi connectivity index (χ1) is 12.6. The van der Waals surface area contributed by atoms with Crippen molar-refractivity contribution < 1.29 is 17.9 Å². The third-order valence-corrected chi connectivity index (χ3v) is 4.02. The molecule has 27 heavy (non-hydrogen) atoms. The first-order valence-corrected chi connectivity index (χ1v) is 8.12. The number of benzene rings is 1. The van der Waals surface area contributed by atoms with Crippen molar-refractivity contribution in [2.24, 2.45) is 5.73 Å². The van der Waals surface area contributed by atoms with E-state index in [4.69, 9.17) is 16.2 Å². The minimum absolute atomic E-state index is 0.0443. The molecule has 0 spiro atoms. The number of anilines is 1. The second kappa shape index (κ2) is 8.15. The summed E-state index contributed by atoms with van der Waals surface area (Å²) in [5, 5.41) is 0. The summed E-state index contributed by atoms with van der Waals surface area (Å²) in [7, 11) is 1.81.